The number of aliphatic hydroxyl groups is 1. The van der Waals surface area contributed by atoms with Crippen LogP contribution in [0.2, 0.25) is 0 Å². The maximum absolute atomic E-state index is 13.1. The summed E-state index contributed by atoms with van der Waals surface area (Å²) in [5, 5.41) is 18.5. The lowest BCUT2D eigenvalue weighted by atomic mass is 9.96. The Morgan fingerprint density at radius 2 is 1.74 bits per heavy atom. The molecule has 2 N–H and O–H groups in total. The van der Waals surface area contributed by atoms with Gasteiger partial charge in [-0.25, -0.2) is 0 Å². The maximum Gasteiger partial charge on any atom is 0.252 e. The summed E-state index contributed by atoms with van der Waals surface area (Å²) in [6, 6.07) is 16.5. The van der Waals surface area contributed by atoms with Crippen molar-refractivity contribution in [2.45, 2.75) is 37.9 Å². The smallest absolute Gasteiger partial charge is 0.252 e. The van der Waals surface area contributed by atoms with Gasteiger partial charge in [0.05, 0.1) is 27.6 Å². The van der Waals surface area contributed by atoms with E-state index in [1.807, 2.05) is 31.2 Å². The van der Waals surface area contributed by atoms with Crippen molar-refractivity contribution in [3.63, 3.8) is 0 Å². The molecule has 8 rings (SSSR count). The Bertz CT molecular complexity index is 1660. The first-order valence-corrected chi connectivity index (χ1v) is 10.7. The van der Waals surface area contributed by atoms with Crippen LogP contribution >= 0.6 is 0 Å². The Morgan fingerprint density at radius 1 is 1.03 bits per heavy atom. The maximum atomic E-state index is 13.1. The van der Waals surface area contributed by atoms with Gasteiger partial charge in [0.2, 0.25) is 0 Å². The fraction of sp³-hybridized carbons (Fsp3) is 0.240. The van der Waals surface area contributed by atoms with Gasteiger partial charge in [0.25, 0.3) is 5.91 Å². The van der Waals surface area contributed by atoms with Crippen molar-refractivity contribution in [1.29, 1.82) is 0 Å². The fourth-order valence-corrected chi connectivity index (χ4v) is 6.41. The van der Waals surface area contributed by atoms with E-state index in [2.05, 4.69) is 38.7 Å². The van der Waals surface area contributed by atoms with E-state index in [4.69, 9.17) is 4.74 Å². The minimum Gasteiger partial charge on any atom is -0.388 e. The second kappa shape index (κ2) is 4.93. The number of fused-ring (bicyclic) bond motifs is 13. The molecule has 2 unspecified atom stereocenters. The van der Waals surface area contributed by atoms with E-state index < -0.39 is 11.8 Å². The van der Waals surface area contributed by atoms with Crippen LogP contribution in [0.3, 0.4) is 0 Å². The van der Waals surface area contributed by atoms with Gasteiger partial charge in [-0.3, -0.25) is 4.79 Å². The molecule has 31 heavy (non-hydrogen) atoms. The van der Waals surface area contributed by atoms with Crippen molar-refractivity contribution in [2.75, 3.05) is 0 Å². The zero-order valence-corrected chi connectivity index (χ0v) is 16.8. The average Bonchev–Trinajstić information content (AvgIpc) is 3.46. The number of ether oxygens (including phenoxy) is 1. The van der Waals surface area contributed by atoms with E-state index in [0.717, 1.165) is 54.7 Å². The van der Waals surface area contributed by atoms with Crippen LogP contribution in [0.15, 0.2) is 48.5 Å². The first-order chi connectivity index (χ1) is 15.1. The molecule has 152 valence electrons. The first kappa shape index (κ1) is 16.4. The van der Waals surface area contributed by atoms with E-state index in [0.29, 0.717) is 13.0 Å². The van der Waals surface area contributed by atoms with E-state index in [-0.39, 0.29) is 12.1 Å². The molecule has 1 saturated heterocycles. The van der Waals surface area contributed by atoms with Crippen LogP contribution < -0.4 is 5.32 Å². The van der Waals surface area contributed by atoms with Crippen LogP contribution in [0, 0.1) is 0 Å². The number of aliphatic hydroxyl groups excluding tert-OH is 1. The van der Waals surface area contributed by atoms with Crippen LogP contribution in [-0.4, -0.2) is 26.3 Å². The van der Waals surface area contributed by atoms with Crippen molar-refractivity contribution < 1.29 is 14.6 Å². The lowest BCUT2D eigenvalue weighted by molar-refractivity contribution is -0.135. The summed E-state index contributed by atoms with van der Waals surface area (Å²) in [5.74, 6) is -0.0156. The van der Waals surface area contributed by atoms with E-state index >= 15 is 0 Å². The van der Waals surface area contributed by atoms with Gasteiger partial charge >= 0.3 is 0 Å². The Morgan fingerprint density at radius 3 is 2.55 bits per heavy atom. The molecule has 0 spiro atoms. The molecule has 2 bridgehead atoms. The van der Waals surface area contributed by atoms with Gasteiger partial charge in [-0.05, 0) is 24.6 Å². The molecule has 0 radical (unpaired) electrons. The summed E-state index contributed by atoms with van der Waals surface area (Å²) in [7, 11) is 0. The molecule has 5 heterocycles. The molecule has 3 aromatic carbocycles. The number of nitrogens with one attached hydrogen (secondary N) is 1. The summed E-state index contributed by atoms with van der Waals surface area (Å²) in [6.45, 7) is 2.50. The third-order valence-electron chi connectivity index (χ3n) is 7.67. The van der Waals surface area contributed by atoms with Crippen LogP contribution in [0.4, 0.5) is 0 Å². The molecule has 0 aliphatic carbocycles. The minimum atomic E-state index is -0.886. The highest BCUT2D eigenvalue weighted by Crippen LogP contribution is 2.54. The van der Waals surface area contributed by atoms with Crippen LogP contribution in [-0.2, 0) is 17.0 Å². The van der Waals surface area contributed by atoms with Gasteiger partial charge < -0.3 is 24.3 Å². The molecular weight excluding hydrogens is 390 g/mol. The van der Waals surface area contributed by atoms with Crippen molar-refractivity contribution in [3.8, 4) is 0 Å². The highest BCUT2D eigenvalue weighted by atomic mass is 16.6. The molecule has 6 heteroatoms. The number of benzene rings is 3. The predicted molar refractivity (Wildman–Crippen MR) is 118 cm³/mol. The Kier molecular flexibility index (Phi) is 2.60. The third kappa shape index (κ3) is 1.60. The standard InChI is InChI=1S/C25H19N3O3/c1-25-17(29)10-18(31-25)27-15-8-4-2-6-12(15)20-21-14(11-26-24(21)30)19-13-7-3-5-9-16(13)28(25)23(19)22(20)27/h2-9,17-18,29H,10-11H2,1H3,(H,26,30)/t17?,18?,25-/m0/s1. The molecule has 1 fully saturated rings. The van der Waals surface area contributed by atoms with Gasteiger partial charge in [-0.15, -0.1) is 0 Å². The van der Waals surface area contributed by atoms with Gasteiger partial charge in [0.15, 0.2) is 5.72 Å². The first-order valence-electron chi connectivity index (χ1n) is 10.7. The van der Waals surface area contributed by atoms with Gasteiger partial charge in [-0.2, -0.15) is 0 Å². The summed E-state index contributed by atoms with van der Waals surface area (Å²) in [5.41, 5.74) is 5.07. The molecule has 1 amide bonds. The van der Waals surface area contributed by atoms with E-state index in [9.17, 15) is 9.90 Å². The summed E-state index contributed by atoms with van der Waals surface area (Å²) in [4.78, 5) is 13.1. The normalized spacial score (nSPS) is 26.5. The quantitative estimate of drug-likeness (QED) is 0.404. The topological polar surface area (TPSA) is 68.4 Å². The SMILES string of the molecule is C[C@]12OC(CC1O)n1c3ccccc3c3c4c(c5c6ccccc6n2c5c31)CNC4=O. The zero-order valence-electron chi connectivity index (χ0n) is 16.8. The lowest BCUT2D eigenvalue weighted by Gasteiger charge is -2.30. The fourth-order valence-electron chi connectivity index (χ4n) is 6.41. The van der Waals surface area contributed by atoms with Crippen LogP contribution in [0.1, 0.15) is 35.5 Å². The van der Waals surface area contributed by atoms with Gasteiger partial charge in [0, 0.05) is 34.5 Å². The molecule has 6 nitrogen and oxygen atoms in total. The second-order valence-electron chi connectivity index (χ2n) is 9.10. The number of hydrogen-bond acceptors (Lipinski definition) is 3. The highest BCUT2D eigenvalue weighted by molar-refractivity contribution is 6.31. The molecule has 5 aromatic rings. The monoisotopic (exact) mass is 409 g/mol. The molecular formula is C25H19N3O3. The number of hydrogen-bond donors (Lipinski definition) is 2. The molecule has 3 aliphatic rings. The second-order valence-corrected chi connectivity index (χ2v) is 9.10. The summed E-state index contributed by atoms with van der Waals surface area (Å²) < 4.78 is 11.1. The minimum absolute atomic E-state index is 0.0156. The molecule has 3 aliphatic heterocycles. The zero-order chi connectivity index (χ0) is 20.6. The van der Waals surface area contributed by atoms with Gasteiger partial charge in [-0.1, -0.05) is 36.4 Å². The lowest BCUT2D eigenvalue weighted by Crippen LogP contribution is -2.39. The van der Waals surface area contributed by atoms with Crippen molar-refractivity contribution >= 4 is 49.5 Å². The number of nitrogens with zero attached hydrogens (tertiary/aromatic N) is 2. The largest absolute Gasteiger partial charge is 0.388 e. The third-order valence-corrected chi connectivity index (χ3v) is 7.67. The Hall–Kier alpha value is -3.35. The Labute approximate surface area is 176 Å². The van der Waals surface area contributed by atoms with Crippen molar-refractivity contribution in [1.82, 2.24) is 14.5 Å². The number of rotatable bonds is 0. The van der Waals surface area contributed by atoms with Crippen molar-refractivity contribution in [2.24, 2.45) is 0 Å². The highest BCUT2D eigenvalue weighted by Gasteiger charge is 2.51. The number of para-hydroxylation sites is 2. The van der Waals surface area contributed by atoms with E-state index in [1.165, 1.54) is 0 Å². The van der Waals surface area contributed by atoms with Crippen LogP contribution in [0.25, 0.3) is 43.6 Å². The number of amides is 1. The predicted octanol–water partition coefficient (Wildman–Crippen LogP) is 4.11. The average molecular weight is 409 g/mol. The molecule has 0 saturated carbocycles. The number of carbonyl (C=O) groups is 1. The molecule has 3 atom stereocenters. The van der Waals surface area contributed by atoms with E-state index in [1.54, 1.807) is 0 Å². The summed E-state index contributed by atoms with van der Waals surface area (Å²) >= 11 is 0. The number of aromatic nitrogens is 2. The Balaban J connectivity index is 1.81. The van der Waals surface area contributed by atoms with Gasteiger partial charge in [0.1, 0.15) is 12.3 Å². The summed E-state index contributed by atoms with van der Waals surface area (Å²) in [6.07, 6.45) is -0.443. The van der Waals surface area contributed by atoms with Crippen LogP contribution in [0.5, 0.6) is 0 Å². The molecule has 2 aromatic heterocycles. The number of carbonyl (C=O) groups excluding carboxylic acids is 1. The van der Waals surface area contributed by atoms with Crippen molar-refractivity contribution in [3.05, 3.63) is 59.7 Å².